The van der Waals surface area contributed by atoms with Crippen molar-refractivity contribution in [3.63, 3.8) is 0 Å². The van der Waals surface area contributed by atoms with Crippen LogP contribution < -0.4 is 0 Å². The molecule has 4 aromatic heterocycles. The second-order valence-electron chi connectivity index (χ2n) is 8.46. The monoisotopic (exact) mass is 425 g/mol. The third-order valence-corrected chi connectivity index (χ3v) is 7.73. The Bertz CT molecular complexity index is 1200. The highest BCUT2D eigenvalue weighted by Gasteiger charge is 2.32. The van der Waals surface area contributed by atoms with Gasteiger partial charge in [-0.05, 0) is 37.5 Å². The first-order valence-corrected chi connectivity index (χ1v) is 11.6. The van der Waals surface area contributed by atoms with Gasteiger partial charge in [-0.3, -0.25) is 0 Å². The van der Waals surface area contributed by atoms with E-state index in [4.69, 9.17) is 14.1 Å². The molecule has 1 aliphatic rings. The van der Waals surface area contributed by atoms with Crippen molar-refractivity contribution in [1.29, 1.82) is 0 Å². The second-order valence-corrected chi connectivity index (χ2v) is 10.5. The lowest BCUT2D eigenvalue weighted by atomic mass is 9.89. The van der Waals surface area contributed by atoms with Crippen molar-refractivity contribution in [2.45, 2.75) is 51.3 Å². The number of hydrogen-bond acceptors (Lipinski definition) is 7. The zero-order chi connectivity index (χ0) is 20.2. The van der Waals surface area contributed by atoms with E-state index in [2.05, 4.69) is 37.7 Å². The molecule has 5 rings (SSSR count). The van der Waals surface area contributed by atoms with Crippen LogP contribution in [0.3, 0.4) is 0 Å². The maximum atomic E-state index is 6.14. The molecule has 4 aromatic rings. The lowest BCUT2D eigenvalue weighted by Gasteiger charge is -2.32. The smallest absolute Gasteiger partial charge is 0.152 e. The van der Waals surface area contributed by atoms with Gasteiger partial charge in [-0.1, -0.05) is 13.8 Å². The van der Waals surface area contributed by atoms with Crippen LogP contribution in [-0.2, 0) is 17.8 Å². The molecule has 0 radical (unpaired) electrons. The lowest BCUT2D eigenvalue weighted by Crippen LogP contribution is -2.32. The van der Waals surface area contributed by atoms with Crippen molar-refractivity contribution < 1.29 is 9.15 Å². The van der Waals surface area contributed by atoms with E-state index in [0.717, 1.165) is 54.7 Å². The van der Waals surface area contributed by atoms with Crippen LogP contribution in [0.15, 0.2) is 34.2 Å². The number of thioether (sulfide) groups is 1. The molecule has 0 bridgehead atoms. The molecule has 29 heavy (non-hydrogen) atoms. The molecule has 1 aliphatic heterocycles. The van der Waals surface area contributed by atoms with Crippen LogP contribution >= 0.6 is 23.1 Å². The highest BCUT2D eigenvalue weighted by Crippen LogP contribution is 2.44. The molecule has 150 valence electrons. The summed E-state index contributed by atoms with van der Waals surface area (Å²) in [7, 11) is 0. The third kappa shape index (κ3) is 3.35. The number of aromatic nitrogens is 3. The van der Waals surface area contributed by atoms with Gasteiger partial charge in [-0.15, -0.1) is 23.1 Å². The number of fused-ring (bicyclic) bond motifs is 5. The van der Waals surface area contributed by atoms with Crippen LogP contribution in [0.1, 0.15) is 38.8 Å². The fourth-order valence-electron chi connectivity index (χ4n) is 3.75. The molecule has 0 aliphatic carbocycles. The molecule has 0 unspecified atom stereocenters. The first kappa shape index (κ1) is 19.0. The minimum atomic E-state index is -0.224. The van der Waals surface area contributed by atoms with Crippen LogP contribution in [-0.4, -0.2) is 26.3 Å². The van der Waals surface area contributed by atoms with E-state index in [1.807, 2.05) is 12.1 Å². The summed E-state index contributed by atoms with van der Waals surface area (Å²) in [5, 5.41) is 2.20. The maximum Gasteiger partial charge on any atom is 0.152 e. The lowest BCUT2D eigenvalue weighted by molar-refractivity contribution is -0.0395. The van der Waals surface area contributed by atoms with E-state index in [-0.39, 0.29) is 5.60 Å². The SMILES string of the molecule is CC(C)CSc1ncnc2c1sc1nc(-c3ccco3)c3c(c12)CC(C)(C)OC3. The molecule has 7 heteroatoms. The summed E-state index contributed by atoms with van der Waals surface area (Å²) < 4.78 is 13.0. The molecule has 0 N–H and O–H groups in total. The van der Waals surface area contributed by atoms with E-state index >= 15 is 0 Å². The van der Waals surface area contributed by atoms with Crippen LogP contribution in [0, 0.1) is 5.92 Å². The number of nitrogens with zero attached hydrogens (tertiary/aromatic N) is 3. The Morgan fingerprint density at radius 2 is 2.10 bits per heavy atom. The molecule has 0 spiro atoms. The van der Waals surface area contributed by atoms with Crippen molar-refractivity contribution in [3.8, 4) is 11.5 Å². The first-order chi connectivity index (χ1) is 13.9. The molecular weight excluding hydrogens is 402 g/mol. The summed E-state index contributed by atoms with van der Waals surface area (Å²) in [6, 6.07) is 3.86. The van der Waals surface area contributed by atoms with E-state index in [9.17, 15) is 0 Å². The van der Waals surface area contributed by atoms with Crippen molar-refractivity contribution in [1.82, 2.24) is 15.0 Å². The Kier molecular flexibility index (Phi) is 4.64. The van der Waals surface area contributed by atoms with Crippen molar-refractivity contribution >= 4 is 43.5 Å². The second kappa shape index (κ2) is 7.07. The van der Waals surface area contributed by atoms with Gasteiger partial charge < -0.3 is 9.15 Å². The minimum absolute atomic E-state index is 0.224. The number of thiophene rings is 1. The number of pyridine rings is 1. The van der Waals surface area contributed by atoms with Crippen molar-refractivity contribution in [2.75, 3.05) is 5.75 Å². The number of ether oxygens (including phenoxy) is 1. The van der Waals surface area contributed by atoms with Crippen LogP contribution in [0.5, 0.6) is 0 Å². The molecule has 0 fully saturated rings. The zero-order valence-corrected chi connectivity index (χ0v) is 18.6. The largest absolute Gasteiger partial charge is 0.463 e. The van der Waals surface area contributed by atoms with Gasteiger partial charge in [-0.2, -0.15) is 0 Å². The predicted octanol–water partition coefficient (Wildman–Crippen LogP) is 6.10. The van der Waals surface area contributed by atoms with Gasteiger partial charge >= 0.3 is 0 Å². The number of hydrogen-bond donors (Lipinski definition) is 0. The number of rotatable bonds is 4. The average molecular weight is 426 g/mol. The van der Waals surface area contributed by atoms with E-state index in [1.165, 1.54) is 5.56 Å². The Morgan fingerprint density at radius 1 is 1.24 bits per heavy atom. The molecular formula is C22H23N3O2S2. The van der Waals surface area contributed by atoms with Crippen molar-refractivity contribution in [2.24, 2.45) is 5.92 Å². The quantitative estimate of drug-likeness (QED) is 0.291. The third-order valence-electron chi connectivity index (χ3n) is 5.10. The Balaban J connectivity index is 1.79. The fourth-order valence-corrected chi connectivity index (χ4v) is 5.94. The molecule has 0 aromatic carbocycles. The van der Waals surface area contributed by atoms with Crippen molar-refractivity contribution in [3.05, 3.63) is 35.9 Å². The summed E-state index contributed by atoms with van der Waals surface area (Å²) in [4.78, 5) is 15.3. The van der Waals surface area contributed by atoms with Crippen LogP contribution in [0.4, 0.5) is 0 Å². The van der Waals surface area contributed by atoms with Gasteiger partial charge in [0.2, 0.25) is 0 Å². The fraction of sp³-hybridized carbons (Fsp3) is 0.409. The van der Waals surface area contributed by atoms with Gasteiger partial charge in [0.1, 0.15) is 21.9 Å². The van der Waals surface area contributed by atoms with Crippen LogP contribution in [0.2, 0.25) is 0 Å². The Hall–Kier alpha value is -1.96. The van der Waals surface area contributed by atoms with Gasteiger partial charge in [0, 0.05) is 23.1 Å². The minimum Gasteiger partial charge on any atom is -0.463 e. The highest BCUT2D eigenvalue weighted by atomic mass is 32.2. The molecule has 0 saturated carbocycles. The van der Waals surface area contributed by atoms with Gasteiger partial charge in [0.15, 0.2) is 5.76 Å². The molecule has 5 nitrogen and oxygen atoms in total. The number of furan rings is 1. The normalized spacial score (nSPS) is 16.0. The summed E-state index contributed by atoms with van der Waals surface area (Å²) >= 11 is 3.49. The highest BCUT2D eigenvalue weighted by molar-refractivity contribution is 7.99. The summed E-state index contributed by atoms with van der Waals surface area (Å²) in [5.41, 5.74) is 4.06. The molecule has 0 amide bonds. The summed E-state index contributed by atoms with van der Waals surface area (Å²) in [6.07, 6.45) is 4.20. The zero-order valence-electron chi connectivity index (χ0n) is 17.0. The molecule has 0 saturated heterocycles. The maximum absolute atomic E-state index is 6.14. The Labute approximate surface area is 177 Å². The Morgan fingerprint density at radius 3 is 2.86 bits per heavy atom. The molecule has 5 heterocycles. The predicted molar refractivity (Wildman–Crippen MR) is 119 cm³/mol. The average Bonchev–Trinajstić information content (AvgIpc) is 3.32. The topological polar surface area (TPSA) is 61.0 Å². The van der Waals surface area contributed by atoms with Gasteiger partial charge in [0.25, 0.3) is 0 Å². The summed E-state index contributed by atoms with van der Waals surface area (Å²) in [6.45, 7) is 9.26. The van der Waals surface area contributed by atoms with Gasteiger partial charge in [0.05, 0.1) is 28.7 Å². The standard InChI is InChI=1S/C22H23N3O2S2/c1-12(2)10-28-21-19-18(23-11-24-21)16-13-8-22(3,4)27-9-14(13)17(25-20(16)29-19)15-6-5-7-26-15/h5-7,11-12H,8-10H2,1-4H3. The van der Waals surface area contributed by atoms with E-state index in [0.29, 0.717) is 12.5 Å². The first-order valence-electron chi connectivity index (χ1n) is 9.82. The van der Waals surface area contributed by atoms with E-state index in [1.54, 1.807) is 35.7 Å². The van der Waals surface area contributed by atoms with Gasteiger partial charge in [-0.25, -0.2) is 15.0 Å². The van der Waals surface area contributed by atoms with E-state index < -0.39 is 0 Å². The van der Waals surface area contributed by atoms with Crippen LogP contribution in [0.25, 0.3) is 31.9 Å². The molecule has 0 atom stereocenters. The summed E-state index contributed by atoms with van der Waals surface area (Å²) in [5.74, 6) is 2.42.